The number of carbonyl (C=O) groups excluding carboxylic acids is 1. The maximum Gasteiger partial charge on any atom is 0.277 e. The number of halogens is 1. The van der Waals surface area contributed by atoms with E-state index in [0.29, 0.717) is 0 Å². The number of rotatable bonds is 5. The molecule has 0 radical (unpaired) electrons. The number of aliphatic hydroxyl groups is 1. The molecule has 2 N–H and O–H groups in total. The maximum atomic E-state index is 13.2. The summed E-state index contributed by atoms with van der Waals surface area (Å²) in [6, 6.07) is 5.68. The van der Waals surface area contributed by atoms with Crippen LogP contribution >= 0.6 is 0 Å². The second-order valence-electron chi connectivity index (χ2n) is 4.36. The maximum absolute atomic E-state index is 13.2. The first-order chi connectivity index (χ1) is 8.17. The van der Waals surface area contributed by atoms with Crippen molar-refractivity contribution in [3.63, 3.8) is 0 Å². The highest BCUT2D eigenvalue weighted by Crippen LogP contribution is 2.44. The number of nitrogens with one attached hydrogen (secondary N) is 1. The first-order valence-electron chi connectivity index (χ1n) is 5.44. The molecule has 0 unspecified atom stereocenters. The van der Waals surface area contributed by atoms with Gasteiger partial charge in [-0.25, -0.2) is 9.87 Å². The Kier molecular flexibility index (Phi) is 3.40. The van der Waals surface area contributed by atoms with E-state index in [1.165, 1.54) is 18.2 Å². The lowest BCUT2D eigenvalue weighted by Gasteiger charge is -2.12. The minimum atomic E-state index is -0.614. The normalized spacial score (nSPS) is 16.6. The fourth-order valence-electron chi connectivity index (χ4n) is 1.48. The van der Waals surface area contributed by atoms with Crippen LogP contribution in [0, 0.1) is 11.2 Å². The molecule has 92 valence electrons. The van der Waals surface area contributed by atoms with Gasteiger partial charge < -0.3 is 5.11 Å². The Morgan fingerprint density at radius 1 is 1.47 bits per heavy atom. The van der Waals surface area contributed by atoms with Crippen molar-refractivity contribution in [2.45, 2.75) is 12.8 Å². The highest BCUT2D eigenvalue weighted by molar-refractivity contribution is 5.93. The van der Waals surface area contributed by atoms with Gasteiger partial charge in [-0.05, 0) is 25.0 Å². The van der Waals surface area contributed by atoms with Crippen LogP contribution in [0.25, 0.3) is 0 Å². The predicted octanol–water partition coefficient (Wildman–Crippen LogP) is 1.26. The topological polar surface area (TPSA) is 58.6 Å². The summed E-state index contributed by atoms with van der Waals surface area (Å²) in [7, 11) is 0. The standard InChI is InChI=1S/C12H14FNO3/c13-10-4-2-1-3-9(10)11(16)14-17-8-12(7-15)5-6-12/h1-4,15H,5-8H2,(H,14,16). The Morgan fingerprint density at radius 2 is 2.18 bits per heavy atom. The van der Waals surface area contributed by atoms with E-state index >= 15 is 0 Å². The fourth-order valence-corrected chi connectivity index (χ4v) is 1.48. The lowest BCUT2D eigenvalue weighted by Crippen LogP contribution is -2.28. The van der Waals surface area contributed by atoms with Gasteiger partial charge in [0.05, 0.1) is 18.8 Å². The Morgan fingerprint density at radius 3 is 2.76 bits per heavy atom. The number of hydroxylamine groups is 1. The number of aliphatic hydroxyl groups excluding tert-OH is 1. The lowest BCUT2D eigenvalue weighted by atomic mass is 10.1. The highest BCUT2D eigenvalue weighted by atomic mass is 19.1. The van der Waals surface area contributed by atoms with Crippen molar-refractivity contribution in [2.75, 3.05) is 13.2 Å². The molecule has 1 aliphatic rings. The van der Waals surface area contributed by atoms with Gasteiger partial charge in [0.15, 0.2) is 0 Å². The molecule has 0 bridgehead atoms. The molecular formula is C12H14FNO3. The van der Waals surface area contributed by atoms with Crippen molar-refractivity contribution in [3.05, 3.63) is 35.6 Å². The summed E-state index contributed by atoms with van der Waals surface area (Å²) < 4.78 is 13.2. The number of amides is 1. The summed E-state index contributed by atoms with van der Waals surface area (Å²) in [5, 5.41) is 9.03. The van der Waals surface area contributed by atoms with E-state index in [1.807, 2.05) is 0 Å². The molecule has 2 rings (SSSR count). The van der Waals surface area contributed by atoms with E-state index in [-0.39, 0.29) is 24.2 Å². The molecule has 0 aliphatic heterocycles. The molecular weight excluding hydrogens is 225 g/mol. The average Bonchev–Trinajstić information content (AvgIpc) is 3.10. The van der Waals surface area contributed by atoms with E-state index in [1.54, 1.807) is 6.07 Å². The highest BCUT2D eigenvalue weighted by Gasteiger charge is 2.42. The van der Waals surface area contributed by atoms with Crippen LogP contribution in [0.4, 0.5) is 4.39 Å². The van der Waals surface area contributed by atoms with Gasteiger partial charge in [0.25, 0.3) is 5.91 Å². The van der Waals surface area contributed by atoms with E-state index < -0.39 is 11.7 Å². The van der Waals surface area contributed by atoms with Gasteiger partial charge in [-0.15, -0.1) is 0 Å². The number of hydrogen-bond acceptors (Lipinski definition) is 3. The van der Waals surface area contributed by atoms with E-state index in [2.05, 4.69) is 5.48 Å². The van der Waals surface area contributed by atoms with E-state index in [4.69, 9.17) is 9.94 Å². The van der Waals surface area contributed by atoms with E-state index in [0.717, 1.165) is 12.8 Å². The molecule has 4 nitrogen and oxygen atoms in total. The van der Waals surface area contributed by atoms with Crippen LogP contribution in [0.15, 0.2) is 24.3 Å². The quantitative estimate of drug-likeness (QED) is 0.760. The molecule has 1 aliphatic carbocycles. The fraction of sp³-hybridized carbons (Fsp3) is 0.417. The smallest absolute Gasteiger partial charge is 0.277 e. The van der Waals surface area contributed by atoms with Crippen LogP contribution in [0.1, 0.15) is 23.2 Å². The molecule has 0 heterocycles. The van der Waals surface area contributed by atoms with Crippen molar-refractivity contribution < 1.29 is 19.1 Å². The van der Waals surface area contributed by atoms with Gasteiger partial charge in [0.1, 0.15) is 5.82 Å². The molecule has 0 saturated heterocycles. The summed E-state index contributed by atoms with van der Waals surface area (Å²) in [5.74, 6) is -1.20. The SMILES string of the molecule is O=C(NOCC1(CO)CC1)c1ccccc1F. The first-order valence-corrected chi connectivity index (χ1v) is 5.44. The minimum absolute atomic E-state index is 0.0442. The number of benzene rings is 1. The lowest BCUT2D eigenvalue weighted by molar-refractivity contribution is -0.000288. The summed E-state index contributed by atoms with van der Waals surface area (Å²) in [4.78, 5) is 16.5. The van der Waals surface area contributed by atoms with Crippen molar-refractivity contribution in [3.8, 4) is 0 Å². The van der Waals surface area contributed by atoms with Crippen LogP contribution in [0.5, 0.6) is 0 Å². The Labute approximate surface area is 98.4 Å². The average molecular weight is 239 g/mol. The van der Waals surface area contributed by atoms with Crippen LogP contribution in [0.3, 0.4) is 0 Å². The Hall–Kier alpha value is -1.46. The molecule has 1 fully saturated rings. The predicted molar refractivity (Wildman–Crippen MR) is 58.6 cm³/mol. The van der Waals surface area contributed by atoms with Crippen LogP contribution in [0.2, 0.25) is 0 Å². The summed E-state index contributed by atoms with van der Waals surface area (Å²) >= 11 is 0. The molecule has 1 saturated carbocycles. The number of carbonyl (C=O) groups is 1. The van der Waals surface area contributed by atoms with Gasteiger partial charge in [-0.1, -0.05) is 12.1 Å². The second-order valence-corrected chi connectivity index (χ2v) is 4.36. The monoisotopic (exact) mass is 239 g/mol. The minimum Gasteiger partial charge on any atom is -0.396 e. The van der Waals surface area contributed by atoms with E-state index in [9.17, 15) is 9.18 Å². The second kappa shape index (κ2) is 4.81. The van der Waals surface area contributed by atoms with Gasteiger partial charge in [-0.2, -0.15) is 0 Å². The Bertz CT molecular complexity index is 418. The molecule has 5 heteroatoms. The molecule has 1 aromatic carbocycles. The molecule has 1 aromatic rings. The van der Waals surface area contributed by atoms with Gasteiger partial charge in [-0.3, -0.25) is 9.63 Å². The zero-order valence-corrected chi connectivity index (χ0v) is 9.28. The van der Waals surface area contributed by atoms with Gasteiger partial charge in [0.2, 0.25) is 0 Å². The molecule has 0 atom stereocenters. The molecule has 17 heavy (non-hydrogen) atoms. The molecule has 0 aromatic heterocycles. The van der Waals surface area contributed by atoms with Gasteiger partial charge in [0, 0.05) is 5.41 Å². The third-order valence-electron chi connectivity index (χ3n) is 2.95. The number of hydrogen-bond donors (Lipinski definition) is 2. The summed E-state index contributed by atoms with van der Waals surface area (Å²) in [5.41, 5.74) is 1.92. The van der Waals surface area contributed by atoms with Crippen LogP contribution < -0.4 is 5.48 Å². The zero-order valence-electron chi connectivity index (χ0n) is 9.28. The van der Waals surface area contributed by atoms with Crippen molar-refractivity contribution in [1.29, 1.82) is 0 Å². The summed E-state index contributed by atoms with van der Waals surface area (Å²) in [6.07, 6.45) is 1.78. The van der Waals surface area contributed by atoms with Crippen LogP contribution in [-0.2, 0) is 4.84 Å². The largest absolute Gasteiger partial charge is 0.396 e. The third-order valence-corrected chi connectivity index (χ3v) is 2.95. The first kappa shape index (κ1) is 12.0. The Balaban J connectivity index is 1.84. The zero-order chi connectivity index (χ0) is 12.3. The third kappa shape index (κ3) is 2.81. The van der Waals surface area contributed by atoms with Crippen molar-refractivity contribution in [1.82, 2.24) is 5.48 Å². The van der Waals surface area contributed by atoms with Crippen LogP contribution in [-0.4, -0.2) is 24.2 Å². The van der Waals surface area contributed by atoms with Gasteiger partial charge >= 0.3 is 0 Å². The van der Waals surface area contributed by atoms with Crippen molar-refractivity contribution in [2.24, 2.45) is 5.41 Å². The molecule has 1 amide bonds. The summed E-state index contributed by atoms with van der Waals surface area (Å²) in [6.45, 7) is 0.298. The molecule has 0 spiro atoms. The van der Waals surface area contributed by atoms with Crippen molar-refractivity contribution >= 4 is 5.91 Å².